The normalized spacial score (nSPS) is 11.8. The van der Waals surface area contributed by atoms with Gasteiger partial charge < -0.3 is 16.0 Å². The number of benzene rings is 2. The van der Waals surface area contributed by atoms with E-state index in [1.165, 1.54) is 17.7 Å². The van der Waals surface area contributed by atoms with Gasteiger partial charge in [-0.2, -0.15) is 0 Å². The van der Waals surface area contributed by atoms with Crippen LogP contribution in [0.1, 0.15) is 15.9 Å². The third-order valence-electron chi connectivity index (χ3n) is 5.17. The maximum atomic E-state index is 13.0. The van der Waals surface area contributed by atoms with E-state index in [9.17, 15) is 19.2 Å². The molecule has 0 aliphatic heterocycles. The minimum atomic E-state index is -0.773. The van der Waals surface area contributed by atoms with Crippen LogP contribution in [0, 0.1) is 0 Å². The van der Waals surface area contributed by atoms with Crippen molar-refractivity contribution in [3.63, 3.8) is 0 Å². The first-order valence-corrected chi connectivity index (χ1v) is 11.1. The van der Waals surface area contributed by atoms with Crippen molar-refractivity contribution >= 4 is 46.4 Å². The first-order chi connectivity index (χ1) is 16.1. The van der Waals surface area contributed by atoms with Gasteiger partial charge in [0.25, 0.3) is 11.5 Å². The molecule has 0 radical (unpaired) electrons. The molecule has 3 aromatic rings. The number of carbonyl (C=O) groups excluding carboxylic acids is 2. The molecule has 0 spiro atoms. The highest BCUT2D eigenvalue weighted by atomic mass is 35.5. The Hall–Kier alpha value is -3.40. The third-order valence-corrected chi connectivity index (χ3v) is 5.91. The molecule has 0 aliphatic carbocycles. The van der Waals surface area contributed by atoms with Crippen molar-refractivity contribution in [3.8, 4) is 0 Å². The Balaban J connectivity index is 1.76. The topological polar surface area (TPSA) is 121 Å². The Kier molecular flexibility index (Phi) is 7.93. The number of hydrogen-bond acceptors (Lipinski definition) is 5. The summed E-state index contributed by atoms with van der Waals surface area (Å²) in [6, 6.07) is 13.8. The number of nitrogen functional groups attached to an aromatic ring is 1. The van der Waals surface area contributed by atoms with E-state index >= 15 is 0 Å². The Labute approximate surface area is 205 Å². The second-order valence-corrected chi connectivity index (χ2v) is 8.70. The number of halogens is 2. The molecule has 0 saturated carbocycles. The fraction of sp³-hybridized carbons (Fsp3) is 0.217. The lowest BCUT2D eigenvalue weighted by Crippen LogP contribution is -3.11. The number of quaternary nitrogens is 1. The van der Waals surface area contributed by atoms with E-state index in [1.54, 1.807) is 19.2 Å². The largest absolute Gasteiger partial charge is 0.384 e. The standard InChI is InChI=1S/C23H23Cl2N5O4/c1-28(13-19(32)27-15-8-9-16(24)17(25)10-15)12-18(31)20-21(26)30(23(34)29(2)22(20)33)11-14-6-4-3-5-7-14/h3-10H,11-13,26H2,1-2H3,(H,27,32)/p+1. The molecule has 3 rings (SSSR count). The van der Waals surface area contributed by atoms with E-state index in [1.807, 2.05) is 30.3 Å². The lowest BCUT2D eigenvalue weighted by atomic mass is 10.1. The molecule has 9 nitrogen and oxygen atoms in total. The van der Waals surface area contributed by atoms with Gasteiger partial charge in [0.15, 0.2) is 6.54 Å². The quantitative estimate of drug-likeness (QED) is 0.392. The number of nitrogens with one attached hydrogen (secondary N) is 2. The van der Waals surface area contributed by atoms with Gasteiger partial charge in [-0.05, 0) is 23.8 Å². The lowest BCUT2D eigenvalue weighted by molar-refractivity contribution is -0.861. The summed E-state index contributed by atoms with van der Waals surface area (Å²) in [6.45, 7) is -0.137. The number of anilines is 2. The minimum absolute atomic E-state index is 0.0597. The van der Waals surface area contributed by atoms with Gasteiger partial charge in [0, 0.05) is 12.7 Å². The molecule has 34 heavy (non-hydrogen) atoms. The summed E-state index contributed by atoms with van der Waals surface area (Å²) in [5, 5.41) is 3.34. The van der Waals surface area contributed by atoms with E-state index in [-0.39, 0.29) is 36.9 Å². The molecule has 1 unspecified atom stereocenters. The summed E-state index contributed by atoms with van der Waals surface area (Å²) in [5.41, 5.74) is 5.71. The van der Waals surface area contributed by atoms with Crippen molar-refractivity contribution in [1.29, 1.82) is 0 Å². The molecule has 11 heteroatoms. The van der Waals surface area contributed by atoms with Crippen LogP contribution in [0.2, 0.25) is 10.0 Å². The molecule has 1 atom stereocenters. The van der Waals surface area contributed by atoms with Crippen LogP contribution in [0.3, 0.4) is 0 Å². The van der Waals surface area contributed by atoms with Crippen LogP contribution in [0.15, 0.2) is 58.1 Å². The number of ketones is 1. The van der Waals surface area contributed by atoms with E-state index in [0.717, 1.165) is 10.1 Å². The van der Waals surface area contributed by atoms with Crippen LogP contribution >= 0.6 is 23.2 Å². The van der Waals surface area contributed by atoms with Crippen LogP contribution < -0.4 is 27.2 Å². The average molecular weight is 505 g/mol. The number of aromatic nitrogens is 2. The highest BCUT2D eigenvalue weighted by molar-refractivity contribution is 6.42. The maximum absolute atomic E-state index is 13.0. The fourth-order valence-corrected chi connectivity index (χ4v) is 3.74. The van der Waals surface area contributed by atoms with Gasteiger partial charge in [-0.3, -0.25) is 23.5 Å². The number of carbonyl (C=O) groups is 2. The first kappa shape index (κ1) is 25.2. The smallest absolute Gasteiger partial charge is 0.332 e. The molecule has 0 bridgehead atoms. The SMILES string of the molecule is Cn1c(=O)c(C(=O)C[NH+](C)CC(=O)Nc2ccc(Cl)c(Cl)c2)c(N)n(Cc2ccccc2)c1=O. The molecule has 1 amide bonds. The van der Waals surface area contributed by atoms with E-state index < -0.39 is 17.0 Å². The van der Waals surface area contributed by atoms with Crippen molar-refractivity contribution in [1.82, 2.24) is 9.13 Å². The third kappa shape index (κ3) is 5.74. The summed E-state index contributed by atoms with van der Waals surface area (Å²) < 4.78 is 2.05. The number of nitrogens with two attached hydrogens (primary N) is 1. The number of likely N-dealkylation sites (N-methyl/N-ethyl adjacent to an activating group) is 1. The van der Waals surface area contributed by atoms with Gasteiger partial charge in [-0.25, -0.2) is 4.79 Å². The van der Waals surface area contributed by atoms with Crippen LogP contribution in [0.4, 0.5) is 11.5 Å². The highest BCUT2D eigenvalue weighted by Crippen LogP contribution is 2.24. The van der Waals surface area contributed by atoms with E-state index in [2.05, 4.69) is 5.32 Å². The monoisotopic (exact) mass is 504 g/mol. The molecule has 0 fully saturated rings. The zero-order chi connectivity index (χ0) is 25.0. The number of rotatable bonds is 8. The van der Waals surface area contributed by atoms with E-state index in [0.29, 0.717) is 20.6 Å². The summed E-state index contributed by atoms with van der Waals surface area (Å²) >= 11 is 11.8. The van der Waals surface area contributed by atoms with Gasteiger partial charge in [0.1, 0.15) is 17.9 Å². The molecule has 0 aliphatic rings. The van der Waals surface area contributed by atoms with Crippen molar-refractivity contribution in [3.05, 3.63) is 90.5 Å². The van der Waals surface area contributed by atoms with Crippen LogP contribution in [0.5, 0.6) is 0 Å². The zero-order valence-corrected chi connectivity index (χ0v) is 20.1. The van der Waals surface area contributed by atoms with Crippen LogP contribution in [-0.2, 0) is 18.4 Å². The minimum Gasteiger partial charge on any atom is -0.384 e. The Morgan fingerprint density at radius 3 is 2.35 bits per heavy atom. The molecule has 1 heterocycles. The molecular formula is C23H24Cl2N5O4+. The van der Waals surface area contributed by atoms with E-state index in [4.69, 9.17) is 28.9 Å². The Morgan fingerprint density at radius 2 is 1.71 bits per heavy atom. The van der Waals surface area contributed by atoms with Gasteiger partial charge in [0.05, 0.1) is 23.6 Å². The van der Waals surface area contributed by atoms with Crippen molar-refractivity contribution < 1.29 is 14.5 Å². The predicted molar refractivity (Wildman–Crippen MR) is 132 cm³/mol. The molecule has 1 aromatic heterocycles. The van der Waals surface area contributed by atoms with Crippen molar-refractivity contribution in [2.75, 3.05) is 31.2 Å². The average Bonchev–Trinajstić information content (AvgIpc) is 2.78. The summed E-state index contributed by atoms with van der Waals surface area (Å²) in [5.74, 6) is -1.13. The molecular weight excluding hydrogens is 481 g/mol. The summed E-state index contributed by atoms with van der Waals surface area (Å²) in [4.78, 5) is 51.2. The number of amides is 1. The number of Topliss-reactive ketones (excluding diaryl/α,β-unsaturated/α-hetero) is 1. The summed E-state index contributed by atoms with van der Waals surface area (Å²) in [7, 11) is 2.93. The van der Waals surface area contributed by atoms with Gasteiger partial charge in [0.2, 0.25) is 5.78 Å². The molecule has 0 saturated heterocycles. The van der Waals surface area contributed by atoms with Crippen LogP contribution in [-0.4, -0.2) is 41.0 Å². The molecule has 2 aromatic carbocycles. The second-order valence-electron chi connectivity index (χ2n) is 7.89. The highest BCUT2D eigenvalue weighted by Gasteiger charge is 2.25. The maximum Gasteiger partial charge on any atom is 0.332 e. The first-order valence-electron chi connectivity index (χ1n) is 10.3. The number of nitrogens with zero attached hydrogens (tertiary/aromatic N) is 2. The fourth-order valence-electron chi connectivity index (χ4n) is 3.44. The predicted octanol–water partition coefficient (Wildman–Crippen LogP) is 0.820. The molecule has 4 N–H and O–H groups in total. The zero-order valence-electron chi connectivity index (χ0n) is 18.6. The Morgan fingerprint density at radius 1 is 1.03 bits per heavy atom. The lowest BCUT2D eigenvalue weighted by Gasteiger charge is -2.16. The number of hydrogen-bond donors (Lipinski definition) is 3. The van der Waals surface area contributed by atoms with Crippen LogP contribution in [0.25, 0.3) is 0 Å². The van der Waals surface area contributed by atoms with Gasteiger partial charge in [-0.15, -0.1) is 0 Å². The molecule has 178 valence electrons. The van der Waals surface area contributed by atoms with Crippen molar-refractivity contribution in [2.24, 2.45) is 7.05 Å². The Bertz CT molecular complexity index is 1350. The van der Waals surface area contributed by atoms with Crippen molar-refractivity contribution in [2.45, 2.75) is 6.54 Å². The second kappa shape index (κ2) is 10.7. The van der Waals surface area contributed by atoms with Gasteiger partial charge in [-0.1, -0.05) is 53.5 Å². The summed E-state index contributed by atoms with van der Waals surface area (Å²) in [6.07, 6.45) is 0. The van der Waals surface area contributed by atoms with Gasteiger partial charge >= 0.3 is 5.69 Å².